The molecule has 7 heteroatoms. The molecule has 2 fully saturated rings. The zero-order valence-corrected chi connectivity index (χ0v) is 17.5. The number of nitrogens with zero attached hydrogens (tertiary/aromatic N) is 1. The number of nitrogens with two attached hydrogens (primary N) is 1. The van der Waals surface area contributed by atoms with Gasteiger partial charge in [0.05, 0.1) is 6.04 Å². The fourth-order valence-corrected chi connectivity index (χ4v) is 5.12. The molecule has 3 atom stereocenters. The lowest BCUT2D eigenvalue weighted by Crippen LogP contribution is -2.49. The molecule has 25 heavy (non-hydrogen) atoms. The number of halogens is 2. The molecule has 4 nitrogen and oxygen atoms in total. The third-order valence-electron chi connectivity index (χ3n) is 5.80. The van der Waals surface area contributed by atoms with E-state index in [1.807, 2.05) is 0 Å². The van der Waals surface area contributed by atoms with Crippen molar-refractivity contribution >= 4 is 42.1 Å². The normalized spacial score (nSPS) is 29.3. The maximum atomic E-state index is 12.7. The van der Waals surface area contributed by atoms with Crippen molar-refractivity contribution in [2.24, 2.45) is 23.5 Å². The molecule has 1 heterocycles. The number of thiophene rings is 1. The second-order valence-electron chi connectivity index (χ2n) is 7.48. The molecule has 3 rings (SSSR count). The molecule has 0 aliphatic heterocycles. The molecule has 0 radical (unpaired) electrons. The van der Waals surface area contributed by atoms with Crippen molar-refractivity contribution in [3.63, 3.8) is 0 Å². The number of carbonyl (C=O) groups excluding carboxylic acids is 1. The average Bonchev–Trinajstić information content (AvgIpc) is 3.00. The van der Waals surface area contributed by atoms with Crippen molar-refractivity contribution in [3.8, 4) is 0 Å². The second kappa shape index (κ2) is 10.1. The molecule has 3 N–H and O–H groups in total. The van der Waals surface area contributed by atoms with Crippen LogP contribution in [0, 0.1) is 17.8 Å². The minimum absolute atomic E-state index is 0. The van der Waals surface area contributed by atoms with Gasteiger partial charge in [0, 0.05) is 18.5 Å². The van der Waals surface area contributed by atoms with E-state index in [4.69, 9.17) is 5.73 Å². The lowest BCUT2D eigenvalue weighted by Gasteiger charge is -2.43. The van der Waals surface area contributed by atoms with Gasteiger partial charge in [-0.2, -0.15) is 11.3 Å². The zero-order valence-electron chi connectivity index (χ0n) is 15.0. The molecule has 0 saturated heterocycles. The van der Waals surface area contributed by atoms with E-state index in [2.05, 4.69) is 41.1 Å². The largest absolute Gasteiger partial charge is 0.354 e. The van der Waals surface area contributed by atoms with Gasteiger partial charge in [-0.05, 0) is 74.0 Å². The molecule has 2 aliphatic rings. The number of likely N-dealkylation sites (N-methyl/N-ethyl adjacent to an activating group) is 1. The zero-order chi connectivity index (χ0) is 16.4. The summed E-state index contributed by atoms with van der Waals surface area (Å²) in [5, 5.41) is 7.47. The molecule has 0 aromatic carbocycles. The van der Waals surface area contributed by atoms with Crippen LogP contribution in [0.25, 0.3) is 0 Å². The van der Waals surface area contributed by atoms with Crippen LogP contribution in [0.5, 0.6) is 0 Å². The van der Waals surface area contributed by atoms with Gasteiger partial charge >= 0.3 is 0 Å². The Morgan fingerprint density at radius 1 is 1.32 bits per heavy atom. The Morgan fingerprint density at radius 2 is 1.96 bits per heavy atom. The van der Waals surface area contributed by atoms with E-state index in [-0.39, 0.29) is 42.7 Å². The second-order valence-corrected chi connectivity index (χ2v) is 8.26. The Bertz CT molecular complexity index is 512. The van der Waals surface area contributed by atoms with Crippen LogP contribution in [0.4, 0.5) is 0 Å². The molecule has 0 spiro atoms. The molecular formula is C18H31Cl2N3OS. The SMILES string of the molecule is CN(C)C(CNC(=O)C1CC2CCCC(C1)C2N)c1ccsc1.Cl.Cl. The lowest BCUT2D eigenvalue weighted by molar-refractivity contribution is -0.128. The number of rotatable bonds is 5. The van der Waals surface area contributed by atoms with Gasteiger partial charge < -0.3 is 16.0 Å². The lowest BCUT2D eigenvalue weighted by atomic mass is 9.65. The number of hydrogen-bond acceptors (Lipinski definition) is 4. The Morgan fingerprint density at radius 3 is 2.48 bits per heavy atom. The summed E-state index contributed by atoms with van der Waals surface area (Å²) in [5.74, 6) is 1.51. The summed E-state index contributed by atoms with van der Waals surface area (Å²) in [4.78, 5) is 14.8. The molecular weight excluding hydrogens is 377 g/mol. The smallest absolute Gasteiger partial charge is 0.223 e. The first-order chi connectivity index (χ1) is 11.1. The highest BCUT2D eigenvalue weighted by molar-refractivity contribution is 7.07. The van der Waals surface area contributed by atoms with Crippen molar-refractivity contribution in [3.05, 3.63) is 22.4 Å². The number of carbonyl (C=O) groups is 1. The van der Waals surface area contributed by atoms with E-state index < -0.39 is 0 Å². The van der Waals surface area contributed by atoms with Gasteiger partial charge in [-0.25, -0.2) is 0 Å². The van der Waals surface area contributed by atoms with Crippen LogP contribution in [0.1, 0.15) is 43.7 Å². The minimum atomic E-state index is 0. The quantitative estimate of drug-likeness (QED) is 0.785. The fraction of sp³-hybridized carbons (Fsp3) is 0.722. The van der Waals surface area contributed by atoms with Crippen LogP contribution < -0.4 is 11.1 Å². The Labute approximate surface area is 167 Å². The summed E-state index contributed by atoms with van der Waals surface area (Å²) < 4.78 is 0. The van der Waals surface area contributed by atoms with Gasteiger partial charge in [-0.3, -0.25) is 4.79 Å². The van der Waals surface area contributed by atoms with E-state index in [0.29, 0.717) is 24.4 Å². The van der Waals surface area contributed by atoms with Crippen LogP contribution in [0.15, 0.2) is 16.8 Å². The highest BCUT2D eigenvalue weighted by atomic mass is 35.5. The van der Waals surface area contributed by atoms with Gasteiger partial charge in [0.15, 0.2) is 0 Å². The first-order valence-electron chi connectivity index (χ1n) is 8.78. The van der Waals surface area contributed by atoms with Crippen LogP contribution in [0.3, 0.4) is 0 Å². The van der Waals surface area contributed by atoms with Crippen LogP contribution in [0.2, 0.25) is 0 Å². The molecule has 2 saturated carbocycles. The van der Waals surface area contributed by atoms with Crippen molar-refractivity contribution in [1.82, 2.24) is 10.2 Å². The van der Waals surface area contributed by atoms with Crippen molar-refractivity contribution in [1.29, 1.82) is 0 Å². The maximum Gasteiger partial charge on any atom is 0.223 e. The standard InChI is InChI=1S/C18H29N3OS.2ClH/c1-21(2)16(14-6-7-23-11-14)10-20-18(22)15-8-12-4-3-5-13(9-15)17(12)19;;/h6-7,11-13,15-17H,3-5,8-10,19H2,1-2H3,(H,20,22);2*1H. The topological polar surface area (TPSA) is 58.4 Å². The highest BCUT2D eigenvalue weighted by Gasteiger charge is 2.40. The first kappa shape index (κ1) is 22.7. The van der Waals surface area contributed by atoms with E-state index in [1.165, 1.54) is 24.8 Å². The summed E-state index contributed by atoms with van der Waals surface area (Å²) in [6.07, 6.45) is 5.66. The van der Waals surface area contributed by atoms with Gasteiger partial charge in [-0.15, -0.1) is 24.8 Å². The summed E-state index contributed by atoms with van der Waals surface area (Å²) in [6.45, 7) is 0.681. The minimum Gasteiger partial charge on any atom is -0.354 e. The van der Waals surface area contributed by atoms with E-state index in [1.54, 1.807) is 11.3 Å². The average molecular weight is 408 g/mol. The summed E-state index contributed by atoms with van der Waals surface area (Å²) in [5.41, 5.74) is 7.62. The van der Waals surface area contributed by atoms with Gasteiger partial charge in [-0.1, -0.05) is 6.42 Å². The van der Waals surface area contributed by atoms with Gasteiger partial charge in [0.2, 0.25) is 5.91 Å². The molecule has 144 valence electrons. The third-order valence-corrected chi connectivity index (χ3v) is 6.51. The predicted molar refractivity (Wildman–Crippen MR) is 110 cm³/mol. The molecule has 2 bridgehead atoms. The molecule has 2 aliphatic carbocycles. The summed E-state index contributed by atoms with van der Waals surface area (Å²) >= 11 is 1.71. The van der Waals surface area contributed by atoms with Crippen LogP contribution in [-0.2, 0) is 4.79 Å². The molecule has 1 aromatic heterocycles. The number of hydrogen-bond donors (Lipinski definition) is 2. The number of nitrogens with one attached hydrogen (secondary N) is 1. The Kier molecular flexibility index (Phi) is 9.19. The van der Waals surface area contributed by atoms with Gasteiger partial charge in [0.25, 0.3) is 0 Å². The van der Waals surface area contributed by atoms with E-state index >= 15 is 0 Å². The van der Waals surface area contributed by atoms with E-state index in [0.717, 1.165) is 12.8 Å². The highest BCUT2D eigenvalue weighted by Crippen LogP contribution is 2.41. The third kappa shape index (κ3) is 5.33. The summed E-state index contributed by atoms with van der Waals surface area (Å²) in [6, 6.07) is 2.72. The monoisotopic (exact) mass is 407 g/mol. The predicted octanol–water partition coefficient (Wildman–Crippen LogP) is 3.46. The van der Waals surface area contributed by atoms with Crippen molar-refractivity contribution in [2.75, 3.05) is 20.6 Å². The fourth-order valence-electron chi connectivity index (χ4n) is 4.41. The Balaban J connectivity index is 0.00000156. The van der Waals surface area contributed by atoms with Gasteiger partial charge in [0.1, 0.15) is 0 Å². The molecule has 1 amide bonds. The first-order valence-corrected chi connectivity index (χ1v) is 9.72. The number of fused-ring (bicyclic) bond motifs is 2. The summed E-state index contributed by atoms with van der Waals surface area (Å²) in [7, 11) is 4.14. The number of amides is 1. The van der Waals surface area contributed by atoms with Crippen molar-refractivity contribution in [2.45, 2.75) is 44.2 Å². The molecule has 1 aromatic rings. The molecule has 3 unspecified atom stereocenters. The van der Waals surface area contributed by atoms with E-state index in [9.17, 15) is 4.79 Å². The van der Waals surface area contributed by atoms with Crippen LogP contribution in [-0.4, -0.2) is 37.5 Å². The Hall–Kier alpha value is -0.330. The van der Waals surface area contributed by atoms with Crippen LogP contribution >= 0.6 is 36.2 Å². The van der Waals surface area contributed by atoms with Crippen molar-refractivity contribution < 1.29 is 4.79 Å². The maximum absolute atomic E-state index is 12.7.